The Hall–Kier alpha value is -3.43. The van der Waals surface area contributed by atoms with E-state index in [9.17, 15) is 18.3 Å². The molecule has 0 saturated heterocycles. The summed E-state index contributed by atoms with van der Waals surface area (Å²) in [6.07, 6.45) is 1.85. The first-order valence-corrected chi connectivity index (χ1v) is 12.4. The van der Waals surface area contributed by atoms with Gasteiger partial charge in [0.1, 0.15) is 17.5 Å². The van der Waals surface area contributed by atoms with Crippen LogP contribution < -0.4 is 14.4 Å². The molecule has 1 aliphatic rings. The number of aliphatic hydroxyl groups is 1. The Morgan fingerprint density at radius 2 is 1.88 bits per heavy atom. The van der Waals surface area contributed by atoms with Gasteiger partial charge in [-0.25, -0.2) is 8.42 Å². The summed E-state index contributed by atoms with van der Waals surface area (Å²) in [5, 5.41) is 13.9. The normalized spacial score (nSPS) is 18.9. The Kier molecular flexibility index (Phi) is 6.33. The summed E-state index contributed by atoms with van der Waals surface area (Å²) in [7, 11) is -3.91. The highest BCUT2D eigenvalue weighted by atomic mass is 32.2. The topological polar surface area (TPSA) is 109 Å². The standard InChI is InChI=1S/C25H27N3O5S/c1-4-28(18-10-6-5-7-11-18)34(31,32)19-12-13-21-20(15-19)22(23(29)25(2,3)33-21)27-24(30)17-9-8-14-26-16-17/h5-16,22-23,29H,4H2,1-3H3,(H,27,30)/t22-,23+/m0/s1. The third-order valence-electron chi connectivity index (χ3n) is 5.85. The fraction of sp³-hybridized carbons (Fsp3) is 0.280. The van der Waals surface area contributed by atoms with Crippen LogP contribution in [0.4, 0.5) is 5.69 Å². The van der Waals surface area contributed by atoms with E-state index in [1.807, 2.05) is 6.07 Å². The van der Waals surface area contributed by atoms with Crippen molar-refractivity contribution in [3.63, 3.8) is 0 Å². The van der Waals surface area contributed by atoms with E-state index in [4.69, 9.17) is 4.74 Å². The summed E-state index contributed by atoms with van der Waals surface area (Å²) >= 11 is 0. The van der Waals surface area contributed by atoms with E-state index < -0.39 is 33.7 Å². The van der Waals surface area contributed by atoms with Crippen molar-refractivity contribution in [3.05, 3.63) is 84.2 Å². The van der Waals surface area contributed by atoms with E-state index >= 15 is 0 Å². The number of aromatic nitrogens is 1. The Labute approximate surface area is 199 Å². The van der Waals surface area contributed by atoms with Gasteiger partial charge < -0.3 is 15.2 Å². The number of pyridine rings is 1. The van der Waals surface area contributed by atoms with Gasteiger partial charge in [-0.3, -0.25) is 14.1 Å². The number of ether oxygens (including phenoxy) is 1. The smallest absolute Gasteiger partial charge is 0.264 e. The number of nitrogens with one attached hydrogen (secondary N) is 1. The van der Waals surface area contributed by atoms with Crippen LogP contribution in [-0.4, -0.2) is 42.7 Å². The van der Waals surface area contributed by atoms with Crippen LogP contribution in [0.25, 0.3) is 0 Å². The predicted molar refractivity (Wildman–Crippen MR) is 128 cm³/mol. The Morgan fingerprint density at radius 3 is 2.53 bits per heavy atom. The molecule has 9 heteroatoms. The maximum absolute atomic E-state index is 13.5. The SMILES string of the molecule is CCN(c1ccccc1)S(=O)(=O)c1ccc2c(c1)[C@H](NC(=O)c1cccnc1)[C@@H](O)C(C)(C)O2. The molecule has 178 valence electrons. The third kappa shape index (κ3) is 4.36. The van der Waals surface area contributed by atoms with Gasteiger partial charge >= 0.3 is 0 Å². The van der Waals surface area contributed by atoms with Gasteiger partial charge in [-0.1, -0.05) is 18.2 Å². The molecule has 2 atom stereocenters. The Morgan fingerprint density at radius 1 is 1.15 bits per heavy atom. The van der Waals surface area contributed by atoms with Crippen LogP contribution in [-0.2, 0) is 10.0 Å². The second-order valence-corrected chi connectivity index (χ2v) is 10.4. The minimum Gasteiger partial charge on any atom is -0.485 e. The van der Waals surface area contributed by atoms with E-state index in [-0.39, 0.29) is 11.4 Å². The van der Waals surface area contributed by atoms with Crippen LogP contribution in [0.3, 0.4) is 0 Å². The number of rotatable bonds is 6. The maximum atomic E-state index is 13.5. The fourth-order valence-electron chi connectivity index (χ4n) is 4.03. The molecule has 0 bridgehead atoms. The Balaban J connectivity index is 1.76. The highest BCUT2D eigenvalue weighted by Crippen LogP contribution is 2.41. The van der Waals surface area contributed by atoms with Crippen molar-refractivity contribution in [2.45, 2.75) is 43.4 Å². The first-order chi connectivity index (χ1) is 16.1. The molecular weight excluding hydrogens is 454 g/mol. The van der Waals surface area contributed by atoms with E-state index in [1.165, 1.54) is 22.6 Å². The molecule has 0 aliphatic carbocycles. The van der Waals surface area contributed by atoms with E-state index in [1.54, 1.807) is 69.4 Å². The van der Waals surface area contributed by atoms with Gasteiger partial charge in [-0.2, -0.15) is 0 Å². The summed E-state index contributed by atoms with van der Waals surface area (Å²) < 4.78 is 34.3. The number of carbonyl (C=O) groups is 1. The van der Waals surface area contributed by atoms with Crippen LogP contribution in [0, 0.1) is 0 Å². The molecule has 0 unspecified atom stereocenters. The van der Waals surface area contributed by atoms with Crippen LogP contribution in [0.1, 0.15) is 42.7 Å². The number of nitrogens with zero attached hydrogens (tertiary/aromatic N) is 2. The number of aliphatic hydroxyl groups excluding tert-OH is 1. The van der Waals surface area contributed by atoms with Gasteiger partial charge in [-0.15, -0.1) is 0 Å². The lowest BCUT2D eigenvalue weighted by molar-refractivity contribution is -0.0628. The molecular formula is C25H27N3O5S. The number of anilines is 1. The number of carbonyl (C=O) groups excluding carboxylic acids is 1. The molecule has 0 radical (unpaired) electrons. The zero-order valence-electron chi connectivity index (χ0n) is 19.2. The average molecular weight is 482 g/mol. The van der Waals surface area contributed by atoms with Crippen molar-refractivity contribution in [2.75, 3.05) is 10.8 Å². The zero-order chi connectivity index (χ0) is 24.5. The van der Waals surface area contributed by atoms with Crippen LogP contribution in [0.15, 0.2) is 78.0 Å². The molecule has 8 nitrogen and oxygen atoms in total. The number of para-hydroxylation sites is 1. The van der Waals surface area contributed by atoms with Crippen molar-refractivity contribution in [2.24, 2.45) is 0 Å². The number of hydrogen-bond donors (Lipinski definition) is 2. The van der Waals surface area contributed by atoms with E-state index in [2.05, 4.69) is 10.3 Å². The maximum Gasteiger partial charge on any atom is 0.264 e. The molecule has 2 N–H and O–H groups in total. The first kappa shape index (κ1) is 23.7. The number of fused-ring (bicyclic) bond motifs is 1. The molecule has 4 rings (SSSR count). The van der Waals surface area contributed by atoms with Crippen molar-refractivity contribution in [1.29, 1.82) is 0 Å². The van der Waals surface area contributed by atoms with Crippen LogP contribution >= 0.6 is 0 Å². The van der Waals surface area contributed by atoms with Crippen LogP contribution in [0.5, 0.6) is 5.75 Å². The lowest BCUT2D eigenvalue weighted by atomic mass is 9.86. The fourth-order valence-corrected chi connectivity index (χ4v) is 5.54. The predicted octanol–water partition coefficient (Wildman–Crippen LogP) is 3.30. The highest BCUT2D eigenvalue weighted by Gasteiger charge is 2.44. The largest absolute Gasteiger partial charge is 0.485 e. The molecule has 1 aromatic heterocycles. The number of sulfonamides is 1. The summed E-state index contributed by atoms with van der Waals surface area (Å²) in [5.74, 6) is -0.0398. The third-order valence-corrected chi connectivity index (χ3v) is 7.75. The van der Waals surface area contributed by atoms with Gasteiger partial charge in [0.05, 0.1) is 22.2 Å². The molecule has 0 fully saturated rings. The Bertz CT molecular complexity index is 1280. The number of benzene rings is 2. The monoisotopic (exact) mass is 481 g/mol. The summed E-state index contributed by atoms with van der Waals surface area (Å²) in [4.78, 5) is 16.9. The molecule has 2 aromatic carbocycles. The van der Waals surface area contributed by atoms with E-state index in [0.29, 0.717) is 22.6 Å². The molecule has 2 heterocycles. The van der Waals surface area contributed by atoms with Gasteiger partial charge in [0.15, 0.2) is 0 Å². The summed E-state index contributed by atoms with van der Waals surface area (Å²) in [5.41, 5.74) is 0.237. The average Bonchev–Trinajstić information content (AvgIpc) is 2.83. The minimum atomic E-state index is -3.91. The van der Waals surface area contributed by atoms with Gasteiger partial charge in [0, 0.05) is 24.5 Å². The zero-order valence-corrected chi connectivity index (χ0v) is 20.0. The number of hydrogen-bond acceptors (Lipinski definition) is 6. The first-order valence-electron chi connectivity index (χ1n) is 10.9. The number of amides is 1. The van der Waals surface area contributed by atoms with Crippen molar-refractivity contribution in [3.8, 4) is 5.75 Å². The quantitative estimate of drug-likeness (QED) is 0.559. The lowest BCUT2D eigenvalue weighted by Crippen LogP contribution is -2.53. The minimum absolute atomic E-state index is 0.0353. The molecule has 1 aliphatic heterocycles. The highest BCUT2D eigenvalue weighted by molar-refractivity contribution is 7.92. The van der Waals surface area contributed by atoms with Gasteiger partial charge in [0.25, 0.3) is 15.9 Å². The van der Waals surface area contributed by atoms with Crippen molar-refractivity contribution >= 4 is 21.6 Å². The molecule has 34 heavy (non-hydrogen) atoms. The molecule has 3 aromatic rings. The van der Waals surface area contributed by atoms with Crippen LogP contribution in [0.2, 0.25) is 0 Å². The van der Waals surface area contributed by atoms with Gasteiger partial charge in [-0.05, 0) is 63.2 Å². The molecule has 0 saturated carbocycles. The van der Waals surface area contributed by atoms with E-state index in [0.717, 1.165) is 0 Å². The summed E-state index contributed by atoms with van der Waals surface area (Å²) in [6.45, 7) is 5.41. The molecule has 0 spiro atoms. The van der Waals surface area contributed by atoms with Crippen molar-refractivity contribution in [1.82, 2.24) is 10.3 Å². The van der Waals surface area contributed by atoms with Crippen molar-refractivity contribution < 1.29 is 23.1 Å². The lowest BCUT2D eigenvalue weighted by Gasteiger charge is -2.42. The summed E-state index contributed by atoms with van der Waals surface area (Å²) in [6, 6.07) is 15.7. The van der Waals surface area contributed by atoms with Gasteiger partial charge in [0.2, 0.25) is 0 Å². The molecule has 1 amide bonds. The second-order valence-electron chi connectivity index (χ2n) is 8.55. The second kappa shape index (κ2) is 9.08.